The molecule has 3 heterocycles. The summed E-state index contributed by atoms with van der Waals surface area (Å²) in [6.07, 6.45) is 0. The van der Waals surface area contributed by atoms with Gasteiger partial charge in [-0.15, -0.1) is 22.3 Å². The summed E-state index contributed by atoms with van der Waals surface area (Å²) in [5, 5.41) is 7.07. The van der Waals surface area contributed by atoms with Crippen LogP contribution in [-0.2, 0) is 0 Å². The molecular formula is C49H36B7N3OS. The second kappa shape index (κ2) is 14.3. The van der Waals surface area contributed by atoms with Crippen molar-refractivity contribution in [3.05, 3.63) is 133 Å². The average Bonchev–Trinajstić information content (AvgIpc) is 3.89. The van der Waals surface area contributed by atoms with Gasteiger partial charge >= 0.3 is 0 Å². The van der Waals surface area contributed by atoms with Gasteiger partial charge in [-0.2, -0.15) is 0 Å². The Kier molecular flexibility index (Phi) is 8.80. The maximum atomic E-state index is 6.38. The maximum Gasteiger partial charge on any atom is 0.164 e. The first-order valence-corrected chi connectivity index (χ1v) is 21.8. The molecule has 11 aromatic rings. The minimum atomic E-state index is 0.618. The molecule has 0 atom stereocenters. The van der Waals surface area contributed by atoms with Gasteiger partial charge in [-0.25, -0.2) is 15.0 Å². The predicted molar refractivity (Wildman–Crippen MR) is 282 cm³/mol. The van der Waals surface area contributed by atoms with Gasteiger partial charge in [0.25, 0.3) is 0 Å². The van der Waals surface area contributed by atoms with Gasteiger partial charge in [0.05, 0.1) is 0 Å². The van der Waals surface area contributed by atoms with Crippen molar-refractivity contribution in [3.63, 3.8) is 0 Å². The standard InChI is InChI=1S/C49H36B7N3OS/c50-38-36-35-37(39(51)41(53)43(55)45(35)61-46(36)44(56)42(54)40(38)52)49-58-47(57-48(59-49)31-12-6-14-33-34(31)30-11-3-4-13-32(30)60-33)29-10-5-9-27(22-29)24-15-17-25(18-16-24)28-20-19-23-7-1-2-8-26(23)21-28/h1-22H,50-56H2. The van der Waals surface area contributed by atoms with Crippen molar-refractivity contribution in [3.8, 4) is 56.4 Å². The number of aromatic nitrogens is 3. The zero-order valence-corrected chi connectivity index (χ0v) is 36.2. The molecular weight excluding hydrogens is 754 g/mol. The van der Waals surface area contributed by atoms with Gasteiger partial charge in [0.15, 0.2) is 17.5 Å². The SMILES string of the molecule is Bc1c(B)c(B)c2c(sc3c(B)c(B)c(B)c(-c4nc(-c5cccc(-c6ccc(-c7ccc8ccccc8c7)cc6)c5)nc(-c5cccc6oc7ccccc7c56)n4)c32)c1B. The van der Waals surface area contributed by atoms with Crippen molar-refractivity contribution >= 4 is 157 Å². The fourth-order valence-electron chi connectivity index (χ4n) is 9.34. The Bertz CT molecular complexity index is 3640. The third kappa shape index (κ3) is 5.95. The van der Waals surface area contributed by atoms with Crippen LogP contribution in [0.1, 0.15) is 0 Å². The third-order valence-electron chi connectivity index (χ3n) is 13.3. The lowest BCUT2D eigenvalue weighted by Gasteiger charge is -2.18. The number of hydrogen-bond donors (Lipinski definition) is 0. The molecule has 8 aromatic carbocycles. The van der Waals surface area contributed by atoms with Crippen LogP contribution >= 0.6 is 11.3 Å². The zero-order chi connectivity index (χ0) is 41.7. The second-order valence-electron chi connectivity index (χ2n) is 16.6. The highest BCUT2D eigenvalue weighted by Crippen LogP contribution is 2.39. The van der Waals surface area contributed by atoms with Gasteiger partial charge in [-0.1, -0.05) is 137 Å². The number of nitrogens with zero attached hydrogens (tertiary/aromatic N) is 3. The molecule has 0 aliphatic rings. The fourth-order valence-corrected chi connectivity index (χ4v) is 10.8. The van der Waals surface area contributed by atoms with Crippen LogP contribution in [0.3, 0.4) is 0 Å². The summed E-state index contributed by atoms with van der Waals surface area (Å²) in [6, 6.07) is 47.0. The molecule has 0 amide bonds. The smallest absolute Gasteiger partial charge is 0.164 e. The lowest BCUT2D eigenvalue weighted by Crippen LogP contribution is -2.47. The van der Waals surface area contributed by atoms with Crippen LogP contribution in [0.15, 0.2) is 138 Å². The number of hydrogen-bond acceptors (Lipinski definition) is 5. The lowest BCUT2D eigenvalue weighted by molar-refractivity contribution is 0.669. The van der Waals surface area contributed by atoms with Gasteiger partial charge in [-0.05, 0) is 62.7 Å². The molecule has 0 saturated carbocycles. The van der Waals surface area contributed by atoms with E-state index in [9.17, 15) is 0 Å². The van der Waals surface area contributed by atoms with Crippen LogP contribution in [0.4, 0.5) is 0 Å². The quantitative estimate of drug-likeness (QED) is 0.248. The Morgan fingerprint density at radius 1 is 0.377 bits per heavy atom. The van der Waals surface area contributed by atoms with E-state index < -0.39 is 0 Å². The molecule has 4 nitrogen and oxygen atoms in total. The van der Waals surface area contributed by atoms with Crippen molar-refractivity contribution in [2.24, 2.45) is 0 Å². The summed E-state index contributed by atoms with van der Waals surface area (Å²) in [5.74, 6) is 1.92. The first-order chi connectivity index (χ1) is 29.6. The minimum absolute atomic E-state index is 0.618. The van der Waals surface area contributed by atoms with Gasteiger partial charge in [0, 0.05) is 42.2 Å². The number of thiophene rings is 1. The molecule has 0 bridgehead atoms. The number of fused-ring (bicyclic) bond motifs is 7. The molecule has 0 aliphatic carbocycles. The van der Waals surface area contributed by atoms with Gasteiger partial charge in [0.1, 0.15) is 66.1 Å². The van der Waals surface area contributed by atoms with Crippen molar-refractivity contribution < 1.29 is 4.42 Å². The Morgan fingerprint density at radius 2 is 0.951 bits per heavy atom. The molecule has 0 saturated heterocycles. The molecule has 0 N–H and O–H groups in total. The molecule has 280 valence electrons. The van der Waals surface area contributed by atoms with E-state index in [1.807, 2.05) is 35.6 Å². The van der Waals surface area contributed by atoms with Crippen LogP contribution in [0.25, 0.3) is 109 Å². The summed E-state index contributed by atoms with van der Waals surface area (Å²) in [7, 11) is 15.8. The second-order valence-corrected chi connectivity index (χ2v) is 17.6. The van der Waals surface area contributed by atoms with E-state index in [1.165, 1.54) is 80.3 Å². The van der Waals surface area contributed by atoms with E-state index in [0.29, 0.717) is 17.5 Å². The van der Waals surface area contributed by atoms with Crippen LogP contribution in [0, 0.1) is 0 Å². The topological polar surface area (TPSA) is 51.8 Å². The number of furan rings is 1. The van der Waals surface area contributed by atoms with E-state index in [1.54, 1.807) is 0 Å². The summed E-state index contributed by atoms with van der Waals surface area (Å²) in [6.45, 7) is 0. The molecule has 0 unspecified atom stereocenters. The van der Waals surface area contributed by atoms with Crippen LogP contribution in [0.2, 0.25) is 0 Å². The fraction of sp³-hybridized carbons (Fsp3) is 0. The molecule has 0 spiro atoms. The van der Waals surface area contributed by atoms with E-state index >= 15 is 0 Å². The van der Waals surface area contributed by atoms with Crippen molar-refractivity contribution in [2.75, 3.05) is 0 Å². The monoisotopic (exact) mass is 791 g/mol. The zero-order valence-electron chi connectivity index (χ0n) is 35.4. The summed E-state index contributed by atoms with van der Waals surface area (Å²) >= 11 is 1.91. The highest BCUT2D eigenvalue weighted by molar-refractivity contribution is 7.28. The predicted octanol–water partition coefficient (Wildman–Crippen LogP) is 1.44. The van der Waals surface area contributed by atoms with E-state index in [2.05, 4.69) is 164 Å². The minimum Gasteiger partial charge on any atom is -0.456 e. The number of benzene rings is 8. The van der Waals surface area contributed by atoms with Gasteiger partial charge in [-0.3, -0.25) is 0 Å². The summed E-state index contributed by atoms with van der Waals surface area (Å²) < 4.78 is 9.02. The maximum absolute atomic E-state index is 6.38. The van der Waals surface area contributed by atoms with Gasteiger partial charge < -0.3 is 4.42 Å². The van der Waals surface area contributed by atoms with Crippen molar-refractivity contribution in [1.29, 1.82) is 0 Å². The van der Waals surface area contributed by atoms with E-state index in [4.69, 9.17) is 19.4 Å². The largest absolute Gasteiger partial charge is 0.456 e. The lowest BCUT2D eigenvalue weighted by atomic mass is 9.64. The van der Waals surface area contributed by atoms with E-state index in [-0.39, 0.29) is 0 Å². The molecule has 11 rings (SSSR count). The molecule has 0 radical (unpaired) electrons. The summed E-state index contributed by atoms with van der Waals surface area (Å²) in [4.78, 5) is 16.3. The van der Waals surface area contributed by atoms with Crippen molar-refractivity contribution in [1.82, 2.24) is 15.0 Å². The first-order valence-electron chi connectivity index (χ1n) is 20.9. The molecule has 12 heteroatoms. The Labute approximate surface area is 364 Å². The number of rotatable bonds is 5. The Morgan fingerprint density at radius 3 is 1.74 bits per heavy atom. The highest BCUT2D eigenvalue weighted by atomic mass is 32.1. The van der Waals surface area contributed by atoms with Crippen LogP contribution < -0.4 is 38.2 Å². The molecule has 0 aliphatic heterocycles. The summed E-state index contributed by atoms with van der Waals surface area (Å²) in [5.41, 5.74) is 18.3. The molecule has 61 heavy (non-hydrogen) atoms. The highest BCUT2D eigenvalue weighted by Gasteiger charge is 2.25. The van der Waals surface area contributed by atoms with Crippen LogP contribution in [0.5, 0.6) is 0 Å². The van der Waals surface area contributed by atoms with Crippen LogP contribution in [-0.4, -0.2) is 69.9 Å². The van der Waals surface area contributed by atoms with E-state index in [0.717, 1.165) is 49.8 Å². The normalized spacial score (nSPS) is 11.7. The Hall–Kier alpha value is -6.50. The Balaban J connectivity index is 1.13. The molecule has 3 aromatic heterocycles. The van der Waals surface area contributed by atoms with Crippen molar-refractivity contribution in [2.45, 2.75) is 0 Å². The van der Waals surface area contributed by atoms with Gasteiger partial charge in [0.2, 0.25) is 0 Å². The third-order valence-corrected chi connectivity index (χ3v) is 14.8. The first kappa shape index (κ1) is 37.5. The molecule has 0 fully saturated rings. The number of para-hydroxylation sites is 1. The average molecular weight is 791 g/mol.